The first-order chi connectivity index (χ1) is 13.8. The molecule has 3 rings (SSSR count). The van der Waals surface area contributed by atoms with Crippen molar-refractivity contribution in [2.75, 3.05) is 11.9 Å². The first kappa shape index (κ1) is 20.7. The minimum atomic E-state index is -0.648. The third kappa shape index (κ3) is 4.54. The Morgan fingerprint density at radius 2 is 1.93 bits per heavy atom. The van der Waals surface area contributed by atoms with Crippen LogP contribution in [0.5, 0.6) is 0 Å². The molecule has 0 aliphatic heterocycles. The second-order valence-electron chi connectivity index (χ2n) is 6.94. The van der Waals surface area contributed by atoms with Crippen LogP contribution in [0.2, 0.25) is 0 Å². The van der Waals surface area contributed by atoms with Crippen LogP contribution in [-0.4, -0.2) is 28.5 Å². The van der Waals surface area contributed by atoms with Gasteiger partial charge in [0.05, 0.1) is 5.39 Å². The molecule has 0 unspecified atom stereocenters. The lowest BCUT2D eigenvalue weighted by Gasteiger charge is -2.10. The van der Waals surface area contributed by atoms with Crippen molar-refractivity contribution in [1.82, 2.24) is 9.97 Å². The number of benzene rings is 1. The van der Waals surface area contributed by atoms with Crippen molar-refractivity contribution in [1.29, 1.82) is 0 Å². The number of fused-ring (bicyclic) bond motifs is 1. The van der Waals surface area contributed by atoms with E-state index in [0.29, 0.717) is 33.2 Å². The molecular weight excluding hydrogens is 390 g/mol. The Hall–Kier alpha value is -3.00. The van der Waals surface area contributed by atoms with E-state index in [1.165, 1.54) is 5.56 Å². The number of anilines is 1. The maximum absolute atomic E-state index is 12.4. The highest BCUT2D eigenvalue weighted by Gasteiger charge is 2.21. The number of aromatic amines is 1. The van der Waals surface area contributed by atoms with E-state index in [4.69, 9.17) is 4.74 Å². The lowest BCUT2D eigenvalue weighted by atomic mass is 9.99. The number of amides is 1. The number of aromatic nitrogens is 2. The van der Waals surface area contributed by atoms with E-state index in [1.807, 2.05) is 24.3 Å². The van der Waals surface area contributed by atoms with Crippen molar-refractivity contribution in [2.24, 2.45) is 0 Å². The predicted molar refractivity (Wildman–Crippen MR) is 114 cm³/mol. The third-order valence-electron chi connectivity index (χ3n) is 4.81. The summed E-state index contributed by atoms with van der Waals surface area (Å²) in [6.07, 6.45) is 1.04. The molecule has 0 bridgehead atoms. The van der Waals surface area contributed by atoms with Gasteiger partial charge in [-0.05, 0) is 49.4 Å². The molecule has 1 amide bonds. The van der Waals surface area contributed by atoms with Crippen LogP contribution in [0.3, 0.4) is 0 Å². The Balaban J connectivity index is 1.64. The van der Waals surface area contributed by atoms with Gasteiger partial charge < -0.3 is 15.0 Å². The summed E-state index contributed by atoms with van der Waals surface area (Å²) < 4.78 is 5.14. The molecule has 0 spiro atoms. The molecule has 0 saturated carbocycles. The summed E-state index contributed by atoms with van der Waals surface area (Å²) >= 11 is 1.08. The number of hydrogen-bond donors (Lipinski definition) is 2. The summed E-state index contributed by atoms with van der Waals surface area (Å²) in [6, 6.07) is 7.61. The van der Waals surface area contributed by atoms with Gasteiger partial charge in [-0.3, -0.25) is 9.59 Å². The molecule has 1 atom stereocenters. The zero-order valence-electron chi connectivity index (χ0n) is 16.8. The van der Waals surface area contributed by atoms with Crippen LogP contribution in [0.1, 0.15) is 52.8 Å². The van der Waals surface area contributed by atoms with Crippen molar-refractivity contribution >= 4 is 39.1 Å². The van der Waals surface area contributed by atoms with E-state index in [0.717, 1.165) is 17.8 Å². The Morgan fingerprint density at radius 1 is 1.24 bits per heavy atom. The van der Waals surface area contributed by atoms with E-state index in [-0.39, 0.29) is 10.4 Å². The van der Waals surface area contributed by atoms with Crippen LogP contribution in [0.15, 0.2) is 29.1 Å². The molecule has 2 aromatic heterocycles. The minimum absolute atomic E-state index is 0.273. The number of esters is 1. The molecular formula is C21H23N3O4S. The summed E-state index contributed by atoms with van der Waals surface area (Å²) in [5.74, 6) is -0.150. The van der Waals surface area contributed by atoms with Gasteiger partial charge in [-0.1, -0.05) is 26.0 Å². The zero-order chi connectivity index (χ0) is 21.1. The van der Waals surface area contributed by atoms with Crippen LogP contribution in [-0.2, 0) is 9.53 Å². The van der Waals surface area contributed by atoms with Crippen molar-refractivity contribution in [3.8, 4) is 0 Å². The van der Waals surface area contributed by atoms with Gasteiger partial charge in [0.1, 0.15) is 15.5 Å². The SMILES string of the molecule is CC[C@H](C)c1ccc(NC(=O)COC(=O)c2sc3nc(C)[nH]c(=O)c3c2C)cc1. The predicted octanol–water partition coefficient (Wildman–Crippen LogP) is 3.91. The summed E-state index contributed by atoms with van der Waals surface area (Å²) in [5.41, 5.74) is 2.06. The molecule has 0 fully saturated rings. The van der Waals surface area contributed by atoms with Gasteiger partial charge in [-0.25, -0.2) is 9.78 Å². The first-order valence-electron chi connectivity index (χ1n) is 9.37. The molecule has 2 N–H and O–H groups in total. The van der Waals surface area contributed by atoms with Crippen LogP contribution in [0, 0.1) is 13.8 Å². The fraction of sp³-hybridized carbons (Fsp3) is 0.333. The number of H-pyrrole nitrogens is 1. The summed E-state index contributed by atoms with van der Waals surface area (Å²) in [7, 11) is 0. The number of nitrogens with zero attached hydrogens (tertiary/aromatic N) is 1. The highest BCUT2D eigenvalue weighted by molar-refractivity contribution is 7.20. The third-order valence-corrected chi connectivity index (χ3v) is 5.98. The van der Waals surface area contributed by atoms with Crippen LogP contribution < -0.4 is 10.9 Å². The van der Waals surface area contributed by atoms with E-state index >= 15 is 0 Å². The van der Waals surface area contributed by atoms with Gasteiger partial charge in [0.25, 0.3) is 11.5 Å². The van der Waals surface area contributed by atoms with E-state index in [1.54, 1.807) is 13.8 Å². The molecule has 0 saturated heterocycles. The average molecular weight is 413 g/mol. The molecule has 2 heterocycles. The maximum Gasteiger partial charge on any atom is 0.349 e. The summed E-state index contributed by atoms with van der Waals surface area (Å²) in [6.45, 7) is 7.20. The van der Waals surface area contributed by atoms with Gasteiger partial charge in [-0.2, -0.15) is 0 Å². The van der Waals surface area contributed by atoms with E-state index in [2.05, 4.69) is 29.1 Å². The average Bonchev–Trinajstić information content (AvgIpc) is 3.02. The Labute approximate surface area is 172 Å². The number of aryl methyl sites for hydroxylation is 2. The standard InChI is InChI=1S/C21H23N3O4S/c1-5-11(2)14-6-8-15(9-7-14)24-16(25)10-28-21(27)18-12(3)17-19(26)22-13(4)23-20(17)29-18/h6-9,11H,5,10H2,1-4H3,(H,24,25)(H,22,23,26)/t11-/m0/s1. The fourth-order valence-electron chi connectivity index (χ4n) is 2.97. The number of carbonyl (C=O) groups excluding carboxylic acids is 2. The van der Waals surface area contributed by atoms with Gasteiger partial charge in [0.2, 0.25) is 0 Å². The van der Waals surface area contributed by atoms with Crippen molar-refractivity contribution in [3.63, 3.8) is 0 Å². The first-order valence-corrected chi connectivity index (χ1v) is 10.2. The second-order valence-corrected chi connectivity index (χ2v) is 7.94. The molecule has 0 aliphatic carbocycles. The van der Waals surface area contributed by atoms with Crippen molar-refractivity contribution in [3.05, 3.63) is 56.4 Å². The smallest absolute Gasteiger partial charge is 0.349 e. The lowest BCUT2D eigenvalue weighted by Crippen LogP contribution is -2.20. The number of nitrogens with one attached hydrogen (secondary N) is 2. The number of hydrogen-bond acceptors (Lipinski definition) is 6. The molecule has 1 aromatic carbocycles. The normalized spacial score (nSPS) is 12.0. The van der Waals surface area contributed by atoms with Crippen LogP contribution >= 0.6 is 11.3 Å². The number of ether oxygens (including phenoxy) is 1. The quantitative estimate of drug-likeness (QED) is 0.597. The van der Waals surface area contributed by atoms with Gasteiger partial charge in [0, 0.05) is 5.69 Å². The maximum atomic E-state index is 12.4. The Morgan fingerprint density at radius 3 is 2.59 bits per heavy atom. The van der Waals surface area contributed by atoms with E-state index in [9.17, 15) is 14.4 Å². The molecule has 8 heteroatoms. The Kier molecular flexibility index (Phi) is 6.12. The van der Waals surface area contributed by atoms with Gasteiger partial charge in [-0.15, -0.1) is 11.3 Å². The Bertz CT molecular complexity index is 1120. The van der Waals surface area contributed by atoms with Crippen molar-refractivity contribution in [2.45, 2.75) is 40.0 Å². The summed E-state index contributed by atoms with van der Waals surface area (Å²) in [4.78, 5) is 44.3. The molecule has 29 heavy (non-hydrogen) atoms. The summed E-state index contributed by atoms with van der Waals surface area (Å²) in [5, 5.41) is 3.08. The highest BCUT2D eigenvalue weighted by Crippen LogP contribution is 2.27. The largest absolute Gasteiger partial charge is 0.451 e. The molecule has 152 valence electrons. The topological polar surface area (TPSA) is 101 Å². The fourth-order valence-corrected chi connectivity index (χ4v) is 4.09. The van der Waals surface area contributed by atoms with Crippen molar-refractivity contribution < 1.29 is 14.3 Å². The van der Waals surface area contributed by atoms with E-state index < -0.39 is 18.5 Å². The molecule has 3 aromatic rings. The van der Waals surface area contributed by atoms with Gasteiger partial charge >= 0.3 is 5.97 Å². The monoisotopic (exact) mass is 413 g/mol. The lowest BCUT2D eigenvalue weighted by molar-refractivity contribution is -0.119. The number of carbonyl (C=O) groups is 2. The zero-order valence-corrected chi connectivity index (χ0v) is 17.6. The molecule has 7 nitrogen and oxygen atoms in total. The van der Waals surface area contributed by atoms with Crippen LogP contribution in [0.25, 0.3) is 10.2 Å². The second kappa shape index (κ2) is 8.57. The highest BCUT2D eigenvalue weighted by atomic mass is 32.1. The minimum Gasteiger partial charge on any atom is -0.451 e. The number of rotatable bonds is 6. The molecule has 0 aliphatic rings. The van der Waals surface area contributed by atoms with Crippen LogP contribution in [0.4, 0.5) is 5.69 Å². The number of thiophene rings is 1. The molecule has 0 radical (unpaired) electrons. The van der Waals surface area contributed by atoms with Gasteiger partial charge in [0.15, 0.2) is 6.61 Å².